The Kier molecular flexibility index (Phi) is 7.68. The van der Waals surface area contributed by atoms with Crippen LogP contribution in [0.1, 0.15) is 73.3 Å². The van der Waals surface area contributed by atoms with Crippen LogP contribution in [0, 0.1) is 0 Å². The van der Waals surface area contributed by atoms with Crippen molar-refractivity contribution < 1.29 is 0 Å². The molecule has 3 unspecified atom stereocenters. The molecule has 0 fully saturated rings. The third-order valence-corrected chi connectivity index (χ3v) is 10.7. The summed E-state index contributed by atoms with van der Waals surface area (Å²) in [7, 11) is -0.769. The molecule has 0 heterocycles. The molecule has 0 saturated heterocycles. The fourth-order valence-corrected chi connectivity index (χ4v) is 9.38. The van der Waals surface area contributed by atoms with Gasteiger partial charge in [-0.1, -0.05) is 131 Å². The topological polar surface area (TPSA) is 0 Å². The molecular weight excluding hydrogens is 352 g/mol. The van der Waals surface area contributed by atoms with Crippen molar-refractivity contribution in [3.63, 3.8) is 0 Å². The van der Waals surface area contributed by atoms with E-state index in [1.54, 1.807) is 0 Å². The van der Waals surface area contributed by atoms with Crippen molar-refractivity contribution in [2.24, 2.45) is 0 Å². The molecule has 0 aliphatic rings. The minimum atomic E-state index is -0.769. The highest BCUT2D eigenvalue weighted by Gasteiger charge is 2.37. The van der Waals surface area contributed by atoms with Crippen molar-refractivity contribution in [3.8, 4) is 0 Å². The minimum Gasteiger partial charge on any atom is -0.0651 e. The van der Waals surface area contributed by atoms with Crippen molar-refractivity contribution >= 4 is 8.80 Å². The van der Waals surface area contributed by atoms with Crippen LogP contribution in [0.3, 0.4) is 0 Å². The summed E-state index contributed by atoms with van der Waals surface area (Å²) in [5.74, 6) is 0. The molecule has 0 aliphatic heterocycles. The molecule has 145 valence electrons. The first-order valence-corrected chi connectivity index (χ1v) is 12.5. The largest absolute Gasteiger partial charge is 0.0720 e. The summed E-state index contributed by atoms with van der Waals surface area (Å²) in [6.07, 6.45) is 3.64. The zero-order chi connectivity index (χ0) is 19.8. The Hall–Kier alpha value is -2.12. The van der Waals surface area contributed by atoms with Crippen LogP contribution in [0.4, 0.5) is 0 Å². The quantitative estimate of drug-likeness (QED) is 0.331. The molecule has 3 rings (SSSR count). The van der Waals surface area contributed by atoms with Crippen LogP contribution in [0.15, 0.2) is 91.0 Å². The van der Waals surface area contributed by atoms with Crippen molar-refractivity contribution in [2.75, 3.05) is 0 Å². The van der Waals surface area contributed by atoms with Crippen LogP contribution < -0.4 is 0 Å². The maximum absolute atomic E-state index is 2.39. The predicted octanol–water partition coefficient (Wildman–Crippen LogP) is 7.68. The summed E-state index contributed by atoms with van der Waals surface area (Å²) < 4.78 is 0. The van der Waals surface area contributed by atoms with Gasteiger partial charge in [-0.2, -0.15) is 0 Å². The molecule has 0 N–H and O–H groups in total. The first-order valence-electron chi connectivity index (χ1n) is 10.8. The van der Waals surface area contributed by atoms with Gasteiger partial charge >= 0.3 is 0 Å². The van der Waals surface area contributed by atoms with E-state index in [4.69, 9.17) is 0 Å². The zero-order valence-electron chi connectivity index (χ0n) is 17.5. The Labute approximate surface area is 173 Å². The molecular formula is C27H33Si. The fraction of sp³-hybridized carbons (Fsp3) is 0.333. The summed E-state index contributed by atoms with van der Waals surface area (Å²) in [6.45, 7) is 7.16. The molecule has 0 aromatic heterocycles. The second kappa shape index (κ2) is 10.4. The maximum Gasteiger partial charge on any atom is 0.0720 e. The van der Waals surface area contributed by atoms with E-state index in [9.17, 15) is 0 Å². The van der Waals surface area contributed by atoms with Crippen LogP contribution >= 0.6 is 0 Å². The predicted molar refractivity (Wildman–Crippen MR) is 124 cm³/mol. The van der Waals surface area contributed by atoms with E-state index in [1.165, 1.54) is 36.0 Å². The normalized spacial score (nSPS) is 14.6. The Morgan fingerprint density at radius 3 is 0.929 bits per heavy atom. The lowest BCUT2D eigenvalue weighted by atomic mass is 10.1. The van der Waals surface area contributed by atoms with Gasteiger partial charge in [0.25, 0.3) is 0 Å². The molecule has 28 heavy (non-hydrogen) atoms. The van der Waals surface area contributed by atoms with Crippen LogP contribution in [0.5, 0.6) is 0 Å². The van der Waals surface area contributed by atoms with Crippen molar-refractivity contribution in [2.45, 2.75) is 56.7 Å². The summed E-state index contributed by atoms with van der Waals surface area (Å²) in [5.41, 5.74) is 6.55. The van der Waals surface area contributed by atoms with E-state index in [2.05, 4.69) is 112 Å². The fourth-order valence-electron chi connectivity index (χ4n) is 4.78. The van der Waals surface area contributed by atoms with E-state index < -0.39 is 8.80 Å². The average molecular weight is 386 g/mol. The van der Waals surface area contributed by atoms with Gasteiger partial charge in [0.2, 0.25) is 0 Å². The third-order valence-electron chi connectivity index (χ3n) is 6.04. The van der Waals surface area contributed by atoms with Gasteiger partial charge in [-0.3, -0.25) is 0 Å². The van der Waals surface area contributed by atoms with Crippen LogP contribution in [0.25, 0.3) is 0 Å². The highest BCUT2D eigenvalue weighted by Crippen LogP contribution is 2.41. The lowest BCUT2D eigenvalue weighted by molar-refractivity contribution is 0.719. The Morgan fingerprint density at radius 2 is 0.714 bits per heavy atom. The lowest BCUT2D eigenvalue weighted by Gasteiger charge is -2.38. The highest BCUT2D eigenvalue weighted by atomic mass is 28.3. The zero-order valence-corrected chi connectivity index (χ0v) is 18.5. The van der Waals surface area contributed by atoms with Crippen molar-refractivity contribution in [1.29, 1.82) is 0 Å². The Balaban J connectivity index is 2.11. The van der Waals surface area contributed by atoms with Gasteiger partial charge in [-0.25, -0.2) is 0 Å². The Morgan fingerprint density at radius 1 is 0.464 bits per heavy atom. The van der Waals surface area contributed by atoms with Gasteiger partial charge < -0.3 is 0 Å². The molecule has 0 amide bonds. The summed E-state index contributed by atoms with van der Waals surface area (Å²) in [5, 5.41) is 0. The smallest absolute Gasteiger partial charge is 0.0651 e. The molecule has 0 saturated carbocycles. The summed E-state index contributed by atoms with van der Waals surface area (Å²) >= 11 is 0. The van der Waals surface area contributed by atoms with Crippen LogP contribution in [-0.4, -0.2) is 8.80 Å². The maximum atomic E-state index is 2.39. The second-order valence-electron chi connectivity index (χ2n) is 7.61. The standard InChI is InChI=1S/C27H33Si/c1-4-25(22-16-10-7-11-17-22)28(26(5-2)23-18-12-8-13-19-23)27(6-3)24-20-14-9-15-21-24/h7-21,25-27H,4-6H2,1-3H3. The molecule has 0 aliphatic carbocycles. The van der Waals surface area contributed by atoms with Crippen LogP contribution in [0.2, 0.25) is 0 Å². The molecule has 1 heteroatoms. The average Bonchev–Trinajstić information content (AvgIpc) is 2.77. The van der Waals surface area contributed by atoms with E-state index >= 15 is 0 Å². The lowest BCUT2D eigenvalue weighted by Crippen LogP contribution is -2.38. The van der Waals surface area contributed by atoms with Gasteiger partial charge in [0, 0.05) is 0 Å². The third kappa shape index (κ3) is 4.64. The second-order valence-corrected chi connectivity index (χ2v) is 10.7. The number of benzene rings is 3. The molecule has 0 bridgehead atoms. The molecule has 0 spiro atoms. The molecule has 1 radical (unpaired) electrons. The summed E-state index contributed by atoms with van der Waals surface area (Å²) in [6, 6.07) is 33.8. The highest BCUT2D eigenvalue weighted by molar-refractivity contribution is 6.63. The SMILES string of the molecule is CCC(c1ccccc1)[Si](C(CC)c1ccccc1)C(CC)c1ccccc1. The first-order chi connectivity index (χ1) is 13.8. The Bertz CT molecular complexity index is 685. The molecule has 3 aromatic rings. The van der Waals surface area contributed by atoms with Crippen molar-refractivity contribution in [3.05, 3.63) is 108 Å². The van der Waals surface area contributed by atoms with Crippen LogP contribution in [-0.2, 0) is 0 Å². The van der Waals surface area contributed by atoms with Gasteiger partial charge in [0.1, 0.15) is 0 Å². The number of hydrogen-bond acceptors (Lipinski definition) is 0. The van der Waals surface area contributed by atoms with E-state index in [-0.39, 0.29) is 0 Å². The van der Waals surface area contributed by atoms with Gasteiger partial charge in [-0.15, -0.1) is 0 Å². The van der Waals surface area contributed by atoms with Crippen molar-refractivity contribution in [1.82, 2.24) is 0 Å². The van der Waals surface area contributed by atoms with Gasteiger partial charge in [0.15, 0.2) is 0 Å². The minimum absolute atomic E-state index is 0.654. The number of hydrogen-bond donors (Lipinski definition) is 0. The summed E-state index contributed by atoms with van der Waals surface area (Å²) in [4.78, 5) is 0. The molecule has 3 atom stereocenters. The van der Waals surface area contributed by atoms with Gasteiger partial charge in [-0.05, 0) is 33.3 Å². The van der Waals surface area contributed by atoms with E-state index in [0.717, 1.165) is 0 Å². The molecule has 3 aromatic carbocycles. The van der Waals surface area contributed by atoms with E-state index in [1.807, 2.05) is 0 Å². The van der Waals surface area contributed by atoms with E-state index in [0.29, 0.717) is 16.6 Å². The molecule has 0 nitrogen and oxygen atoms in total. The van der Waals surface area contributed by atoms with Gasteiger partial charge in [0.05, 0.1) is 8.80 Å². The monoisotopic (exact) mass is 385 g/mol. The first kappa shape index (κ1) is 20.6. The number of rotatable bonds is 9.